The molecule has 0 saturated heterocycles. The van der Waals surface area contributed by atoms with Crippen LogP contribution in [0.1, 0.15) is 32.6 Å². The summed E-state index contributed by atoms with van der Waals surface area (Å²) in [6, 6.07) is 8.08. The zero-order valence-corrected chi connectivity index (χ0v) is 12.5. The average Bonchev–Trinajstić information content (AvgIpc) is 2.43. The number of unbranched alkanes of at least 4 members (excludes halogenated alkanes) is 2. The normalized spacial score (nSPS) is 10.2. The Bertz CT molecular complexity index is 379. The molecular formula is C15H22O3S. The fraction of sp³-hybridized carbons (Fsp3) is 0.533. The lowest BCUT2D eigenvalue weighted by atomic mass is 10.2. The standard InChI is InChI=1S/C15H22O3S/c1-3-18-15(16)10-5-4-6-11-19-14-9-7-8-13(12-14)17-2/h7-9,12H,3-6,10-11H2,1-2H3. The van der Waals surface area contributed by atoms with Crippen molar-refractivity contribution >= 4 is 17.7 Å². The monoisotopic (exact) mass is 282 g/mol. The predicted molar refractivity (Wildman–Crippen MR) is 78.8 cm³/mol. The summed E-state index contributed by atoms with van der Waals surface area (Å²) >= 11 is 1.82. The average molecular weight is 282 g/mol. The van der Waals surface area contributed by atoms with Crippen LogP contribution in [-0.4, -0.2) is 25.4 Å². The number of hydrogen-bond donors (Lipinski definition) is 0. The van der Waals surface area contributed by atoms with Crippen molar-refractivity contribution < 1.29 is 14.3 Å². The van der Waals surface area contributed by atoms with E-state index in [1.54, 1.807) is 7.11 Å². The highest BCUT2D eigenvalue weighted by atomic mass is 32.2. The first-order valence-electron chi connectivity index (χ1n) is 6.68. The summed E-state index contributed by atoms with van der Waals surface area (Å²) in [5.74, 6) is 1.88. The number of methoxy groups -OCH3 is 1. The molecule has 1 aromatic rings. The van der Waals surface area contributed by atoms with Crippen LogP contribution in [0.4, 0.5) is 0 Å². The minimum Gasteiger partial charge on any atom is -0.497 e. The molecule has 0 unspecified atom stereocenters. The number of rotatable bonds is 9. The zero-order chi connectivity index (χ0) is 13.9. The Labute approximate surface area is 119 Å². The van der Waals surface area contributed by atoms with E-state index in [1.165, 1.54) is 4.90 Å². The Kier molecular flexibility index (Phi) is 8.14. The predicted octanol–water partition coefficient (Wildman–Crippen LogP) is 3.91. The topological polar surface area (TPSA) is 35.5 Å². The van der Waals surface area contributed by atoms with Gasteiger partial charge in [0.1, 0.15) is 5.75 Å². The van der Waals surface area contributed by atoms with Crippen LogP contribution in [-0.2, 0) is 9.53 Å². The Morgan fingerprint density at radius 2 is 2.11 bits per heavy atom. The Balaban J connectivity index is 2.08. The number of esters is 1. The summed E-state index contributed by atoms with van der Waals surface area (Å²) in [5.41, 5.74) is 0. The summed E-state index contributed by atoms with van der Waals surface area (Å²) in [7, 11) is 1.68. The zero-order valence-electron chi connectivity index (χ0n) is 11.7. The van der Waals surface area contributed by atoms with Crippen molar-refractivity contribution in [3.8, 4) is 5.75 Å². The van der Waals surface area contributed by atoms with E-state index < -0.39 is 0 Å². The molecule has 0 aliphatic carbocycles. The molecule has 0 atom stereocenters. The second-order valence-corrected chi connectivity index (χ2v) is 5.31. The molecule has 0 aliphatic heterocycles. The van der Waals surface area contributed by atoms with Gasteiger partial charge in [-0.25, -0.2) is 0 Å². The number of carbonyl (C=O) groups is 1. The first-order valence-corrected chi connectivity index (χ1v) is 7.67. The number of benzene rings is 1. The molecule has 1 aromatic carbocycles. The van der Waals surface area contributed by atoms with E-state index in [1.807, 2.05) is 36.9 Å². The van der Waals surface area contributed by atoms with Crippen molar-refractivity contribution in [1.29, 1.82) is 0 Å². The van der Waals surface area contributed by atoms with Gasteiger partial charge in [0.25, 0.3) is 0 Å². The van der Waals surface area contributed by atoms with E-state index in [4.69, 9.17) is 9.47 Å². The van der Waals surface area contributed by atoms with Gasteiger partial charge >= 0.3 is 5.97 Å². The molecule has 19 heavy (non-hydrogen) atoms. The maximum absolute atomic E-state index is 11.1. The highest BCUT2D eigenvalue weighted by Gasteiger charge is 2.01. The minimum atomic E-state index is -0.0806. The van der Waals surface area contributed by atoms with Gasteiger partial charge in [-0.15, -0.1) is 11.8 Å². The molecule has 0 N–H and O–H groups in total. The lowest BCUT2D eigenvalue weighted by Crippen LogP contribution is -2.03. The third kappa shape index (κ3) is 7.11. The summed E-state index contributed by atoms with van der Waals surface area (Å²) in [4.78, 5) is 12.4. The molecule has 0 saturated carbocycles. The van der Waals surface area contributed by atoms with Crippen LogP contribution in [0.2, 0.25) is 0 Å². The molecule has 0 heterocycles. The van der Waals surface area contributed by atoms with Crippen LogP contribution in [0.3, 0.4) is 0 Å². The van der Waals surface area contributed by atoms with Gasteiger partial charge in [-0.3, -0.25) is 4.79 Å². The molecule has 4 heteroatoms. The van der Waals surface area contributed by atoms with Gasteiger partial charge in [0.2, 0.25) is 0 Å². The van der Waals surface area contributed by atoms with Crippen LogP contribution < -0.4 is 4.74 Å². The van der Waals surface area contributed by atoms with Crippen LogP contribution >= 0.6 is 11.8 Å². The van der Waals surface area contributed by atoms with Crippen molar-refractivity contribution in [2.45, 2.75) is 37.5 Å². The second-order valence-electron chi connectivity index (χ2n) is 4.14. The third-order valence-corrected chi connectivity index (χ3v) is 3.72. The van der Waals surface area contributed by atoms with Gasteiger partial charge in [0.15, 0.2) is 0 Å². The lowest BCUT2D eigenvalue weighted by Gasteiger charge is -2.04. The maximum atomic E-state index is 11.1. The van der Waals surface area contributed by atoms with Crippen molar-refractivity contribution in [1.82, 2.24) is 0 Å². The van der Waals surface area contributed by atoms with Gasteiger partial charge in [-0.1, -0.05) is 12.5 Å². The molecule has 3 nitrogen and oxygen atoms in total. The highest BCUT2D eigenvalue weighted by molar-refractivity contribution is 7.99. The SMILES string of the molecule is CCOC(=O)CCCCCSc1cccc(OC)c1. The summed E-state index contributed by atoms with van der Waals surface area (Å²) in [6.07, 6.45) is 3.63. The molecule has 106 valence electrons. The van der Waals surface area contributed by atoms with E-state index in [2.05, 4.69) is 6.07 Å². The molecule has 0 spiro atoms. The highest BCUT2D eigenvalue weighted by Crippen LogP contribution is 2.23. The Morgan fingerprint density at radius 1 is 1.26 bits per heavy atom. The lowest BCUT2D eigenvalue weighted by molar-refractivity contribution is -0.143. The summed E-state index contributed by atoms with van der Waals surface area (Å²) < 4.78 is 10.1. The van der Waals surface area contributed by atoms with Crippen LogP contribution in [0, 0.1) is 0 Å². The minimum absolute atomic E-state index is 0.0806. The molecule has 0 bridgehead atoms. The summed E-state index contributed by atoms with van der Waals surface area (Å²) in [6.45, 7) is 2.31. The second kappa shape index (κ2) is 9.73. The van der Waals surface area contributed by atoms with Gasteiger partial charge in [0, 0.05) is 11.3 Å². The quantitative estimate of drug-likeness (QED) is 0.391. The van der Waals surface area contributed by atoms with E-state index in [0.29, 0.717) is 13.0 Å². The van der Waals surface area contributed by atoms with Crippen molar-refractivity contribution in [3.05, 3.63) is 24.3 Å². The maximum Gasteiger partial charge on any atom is 0.305 e. The fourth-order valence-electron chi connectivity index (χ4n) is 1.66. The van der Waals surface area contributed by atoms with Gasteiger partial charge < -0.3 is 9.47 Å². The van der Waals surface area contributed by atoms with Crippen LogP contribution in [0.25, 0.3) is 0 Å². The van der Waals surface area contributed by atoms with Crippen molar-refractivity contribution in [2.75, 3.05) is 19.5 Å². The molecule has 0 aromatic heterocycles. The molecular weight excluding hydrogens is 260 g/mol. The van der Waals surface area contributed by atoms with Gasteiger partial charge in [0.05, 0.1) is 13.7 Å². The van der Waals surface area contributed by atoms with Crippen LogP contribution in [0.15, 0.2) is 29.2 Å². The molecule has 0 aliphatic rings. The van der Waals surface area contributed by atoms with Gasteiger partial charge in [-0.2, -0.15) is 0 Å². The molecule has 1 rings (SSSR count). The van der Waals surface area contributed by atoms with E-state index >= 15 is 0 Å². The third-order valence-electron chi connectivity index (χ3n) is 2.64. The smallest absolute Gasteiger partial charge is 0.305 e. The number of hydrogen-bond acceptors (Lipinski definition) is 4. The van der Waals surface area contributed by atoms with Gasteiger partial charge in [-0.05, 0) is 43.7 Å². The van der Waals surface area contributed by atoms with E-state index in [9.17, 15) is 4.79 Å². The largest absolute Gasteiger partial charge is 0.497 e. The number of carbonyl (C=O) groups excluding carboxylic acids is 1. The number of ether oxygens (including phenoxy) is 2. The Hall–Kier alpha value is -1.16. The summed E-state index contributed by atoms with van der Waals surface area (Å²) in [5, 5.41) is 0. The first kappa shape index (κ1) is 15.9. The first-order chi connectivity index (χ1) is 9.26. The Morgan fingerprint density at radius 3 is 2.84 bits per heavy atom. The molecule has 0 fully saturated rings. The van der Waals surface area contributed by atoms with Crippen LogP contribution in [0.5, 0.6) is 5.75 Å². The van der Waals surface area contributed by atoms with Crippen molar-refractivity contribution in [3.63, 3.8) is 0 Å². The van der Waals surface area contributed by atoms with E-state index in [0.717, 1.165) is 30.8 Å². The van der Waals surface area contributed by atoms with E-state index in [-0.39, 0.29) is 5.97 Å². The molecule has 0 radical (unpaired) electrons. The fourth-order valence-corrected chi connectivity index (χ4v) is 2.62. The number of thioether (sulfide) groups is 1. The molecule has 0 amide bonds. The van der Waals surface area contributed by atoms with Crippen molar-refractivity contribution in [2.24, 2.45) is 0 Å².